The molecule has 0 aliphatic rings. The summed E-state index contributed by atoms with van der Waals surface area (Å²) in [6.45, 7) is 3.74. The summed E-state index contributed by atoms with van der Waals surface area (Å²) in [4.78, 5) is 4.12. The van der Waals surface area contributed by atoms with E-state index in [0.717, 1.165) is 30.3 Å². The Morgan fingerprint density at radius 3 is 2.82 bits per heavy atom. The highest BCUT2D eigenvalue weighted by atomic mass is 79.9. The maximum absolute atomic E-state index is 10.7. The quantitative estimate of drug-likeness (QED) is 0.328. The predicted molar refractivity (Wildman–Crippen MR) is 92.8 cm³/mol. The summed E-state index contributed by atoms with van der Waals surface area (Å²) in [6, 6.07) is 3.71. The number of halogens is 1. The first-order chi connectivity index (χ1) is 10.4. The largest absolute Gasteiger partial charge is 0.478 e. The number of rotatable bonds is 11. The van der Waals surface area contributed by atoms with Crippen molar-refractivity contribution in [3.8, 4) is 5.88 Å². The molecule has 0 amide bonds. The smallest absolute Gasteiger partial charge is 0.320 e. The molecule has 1 rings (SSSR count). The molecule has 126 valence electrons. The molecule has 0 aliphatic carbocycles. The van der Waals surface area contributed by atoms with E-state index in [-0.39, 0.29) is 5.25 Å². The normalized spacial score (nSPS) is 13.0. The zero-order valence-corrected chi connectivity index (χ0v) is 15.6. The number of hydrogen-bond acceptors (Lipinski definition) is 6. The molecule has 22 heavy (non-hydrogen) atoms. The van der Waals surface area contributed by atoms with Crippen molar-refractivity contribution in [2.24, 2.45) is 0 Å². The highest BCUT2D eigenvalue weighted by Crippen LogP contribution is 2.16. The minimum absolute atomic E-state index is 0.179. The first-order valence-corrected chi connectivity index (χ1v) is 10.6. The molecule has 6 nitrogen and oxygen atoms in total. The van der Waals surface area contributed by atoms with Gasteiger partial charge in [-0.05, 0) is 47.8 Å². The zero-order chi connectivity index (χ0) is 16.4. The van der Waals surface area contributed by atoms with Gasteiger partial charge in [0.1, 0.15) is 0 Å². The van der Waals surface area contributed by atoms with Gasteiger partial charge >= 0.3 is 9.15 Å². The average Bonchev–Trinajstić information content (AvgIpc) is 2.42. The van der Waals surface area contributed by atoms with E-state index >= 15 is 0 Å². The monoisotopic (exact) mass is 412 g/mol. The van der Waals surface area contributed by atoms with E-state index in [4.69, 9.17) is 9.29 Å². The van der Waals surface area contributed by atoms with Gasteiger partial charge in [0.2, 0.25) is 5.88 Å². The maximum Gasteiger partial charge on any atom is 0.320 e. The van der Waals surface area contributed by atoms with E-state index in [2.05, 4.69) is 26.2 Å². The number of pyridine rings is 1. The van der Waals surface area contributed by atoms with Crippen molar-refractivity contribution in [2.75, 3.05) is 19.7 Å². The van der Waals surface area contributed by atoms with E-state index in [1.54, 1.807) is 13.1 Å². The van der Waals surface area contributed by atoms with Crippen LogP contribution in [0.25, 0.3) is 0 Å². The lowest BCUT2D eigenvalue weighted by Gasteiger charge is -2.10. The van der Waals surface area contributed by atoms with Crippen LogP contribution in [-0.4, -0.2) is 42.9 Å². The summed E-state index contributed by atoms with van der Waals surface area (Å²) < 4.78 is 36.4. The van der Waals surface area contributed by atoms with Crippen LogP contribution in [0.3, 0.4) is 0 Å². The Balaban J connectivity index is 1.96. The van der Waals surface area contributed by atoms with Crippen molar-refractivity contribution < 1.29 is 17.7 Å². The van der Waals surface area contributed by atoms with Gasteiger partial charge in [-0.3, -0.25) is 4.55 Å². The third-order valence-corrected chi connectivity index (χ3v) is 5.59. The molecule has 0 saturated carbocycles. The van der Waals surface area contributed by atoms with Crippen LogP contribution in [0.15, 0.2) is 22.8 Å². The van der Waals surface area contributed by atoms with Crippen LogP contribution in [0, 0.1) is 0 Å². The van der Waals surface area contributed by atoms with Crippen molar-refractivity contribution in [3.63, 3.8) is 0 Å². The Hall–Kier alpha value is -0.350. The Kier molecular flexibility index (Phi) is 9.34. The maximum atomic E-state index is 10.7. The second-order valence-corrected chi connectivity index (χ2v) is 9.37. The second-order valence-electron chi connectivity index (χ2n) is 4.76. The molecule has 1 atom stereocenters. The summed E-state index contributed by atoms with van der Waals surface area (Å²) >= 11 is 3.31. The van der Waals surface area contributed by atoms with Gasteiger partial charge in [-0.2, -0.15) is 8.42 Å². The summed E-state index contributed by atoms with van der Waals surface area (Å²) in [7, 11) is -3.39. The lowest BCUT2D eigenvalue weighted by Crippen LogP contribution is -2.24. The molecule has 1 heterocycles. The van der Waals surface area contributed by atoms with E-state index in [1.807, 2.05) is 12.1 Å². The fourth-order valence-electron chi connectivity index (χ4n) is 1.70. The topological polar surface area (TPSA) is 88.5 Å². The predicted octanol–water partition coefficient (Wildman–Crippen LogP) is 2.91. The fourth-order valence-corrected chi connectivity index (χ4v) is 3.99. The van der Waals surface area contributed by atoms with Crippen molar-refractivity contribution in [1.29, 1.82) is 0 Å². The van der Waals surface area contributed by atoms with Gasteiger partial charge in [0.15, 0.2) is 0 Å². The molecule has 0 saturated heterocycles. The zero-order valence-electron chi connectivity index (χ0n) is 12.4. The van der Waals surface area contributed by atoms with E-state index < -0.39 is 9.15 Å². The minimum Gasteiger partial charge on any atom is -0.478 e. The van der Waals surface area contributed by atoms with Crippen molar-refractivity contribution in [3.05, 3.63) is 22.8 Å². The number of hydrogen-bond donors (Lipinski definition) is 2. The lowest BCUT2D eigenvalue weighted by molar-refractivity contribution is 0.293. The molecule has 9 heteroatoms. The Morgan fingerprint density at radius 2 is 2.18 bits per heavy atom. The van der Waals surface area contributed by atoms with Crippen LogP contribution in [0.4, 0.5) is 0 Å². The Bertz CT molecular complexity index is 525. The highest BCUT2D eigenvalue weighted by molar-refractivity contribution is 9.10. The minimum atomic E-state index is -3.96. The number of nitrogens with zero attached hydrogens (tertiary/aromatic N) is 1. The molecule has 1 unspecified atom stereocenters. The first-order valence-electron chi connectivity index (χ1n) is 6.97. The van der Waals surface area contributed by atoms with Gasteiger partial charge < -0.3 is 10.1 Å². The molecule has 0 fully saturated rings. The number of aromatic nitrogens is 1. The van der Waals surface area contributed by atoms with Gasteiger partial charge in [0, 0.05) is 39.3 Å². The van der Waals surface area contributed by atoms with E-state index in [0.29, 0.717) is 29.8 Å². The molecular formula is C13H21BrN2O4S2. The summed E-state index contributed by atoms with van der Waals surface area (Å²) in [6.07, 6.45) is 4.64. The molecule has 0 spiro atoms. The molecule has 1 aromatic heterocycles. The van der Waals surface area contributed by atoms with Gasteiger partial charge in [-0.1, -0.05) is 6.92 Å². The van der Waals surface area contributed by atoms with Crippen LogP contribution < -0.4 is 10.1 Å². The van der Waals surface area contributed by atoms with Crippen LogP contribution >= 0.6 is 26.7 Å². The van der Waals surface area contributed by atoms with Crippen LogP contribution in [0.2, 0.25) is 0 Å². The second kappa shape index (κ2) is 10.4. The number of nitrogens with one attached hydrogen (secondary N) is 1. The third kappa shape index (κ3) is 10.4. The lowest BCUT2D eigenvalue weighted by atomic mass is 10.2. The summed E-state index contributed by atoms with van der Waals surface area (Å²) in [5, 5.41) is 2.99. The fraction of sp³-hybridized carbons (Fsp3) is 0.615. The molecular weight excluding hydrogens is 392 g/mol. The Morgan fingerprint density at radius 1 is 1.41 bits per heavy atom. The molecule has 0 radical (unpaired) electrons. The molecule has 1 aromatic rings. The van der Waals surface area contributed by atoms with Crippen LogP contribution in [0.1, 0.15) is 26.2 Å². The molecule has 2 N–H and O–H groups in total. The van der Waals surface area contributed by atoms with Crippen molar-refractivity contribution >= 4 is 35.9 Å². The van der Waals surface area contributed by atoms with Crippen LogP contribution in [0.5, 0.6) is 5.88 Å². The number of unbranched alkanes of at least 4 members (excludes halogenated alkanes) is 2. The highest BCUT2D eigenvalue weighted by Gasteiger charge is 2.12. The van der Waals surface area contributed by atoms with Gasteiger partial charge in [0.05, 0.1) is 6.61 Å². The van der Waals surface area contributed by atoms with Crippen molar-refractivity contribution in [2.45, 2.75) is 31.4 Å². The van der Waals surface area contributed by atoms with E-state index in [9.17, 15) is 8.42 Å². The summed E-state index contributed by atoms with van der Waals surface area (Å²) in [5.74, 6) is 0.623. The molecule has 0 aliphatic heterocycles. The first kappa shape index (κ1) is 19.7. The van der Waals surface area contributed by atoms with Gasteiger partial charge in [-0.15, -0.1) is 0 Å². The standard InChI is InChI=1S/C13H21BrN2O4S2/c1-11(21-22(17,18)19)9-15-7-3-2-4-8-20-13-6-5-12(14)10-16-13/h5-6,10-11,15H,2-4,7-9H2,1H3,(H,17,18,19). The average molecular weight is 413 g/mol. The Labute approximate surface area is 143 Å². The third-order valence-electron chi connectivity index (χ3n) is 2.67. The molecule has 0 aromatic carbocycles. The SMILES string of the molecule is CC(CNCCCCCOc1ccc(Br)cn1)SS(=O)(=O)O. The van der Waals surface area contributed by atoms with Gasteiger partial charge in [-0.25, -0.2) is 4.98 Å². The van der Waals surface area contributed by atoms with Crippen LogP contribution in [-0.2, 0) is 9.15 Å². The molecule has 0 bridgehead atoms. The van der Waals surface area contributed by atoms with Gasteiger partial charge in [0.25, 0.3) is 0 Å². The summed E-state index contributed by atoms with van der Waals surface area (Å²) in [5.41, 5.74) is 0. The van der Waals surface area contributed by atoms with Crippen molar-refractivity contribution in [1.82, 2.24) is 10.3 Å². The number of ether oxygens (including phenoxy) is 1. The van der Waals surface area contributed by atoms with E-state index in [1.165, 1.54) is 0 Å².